The van der Waals surface area contributed by atoms with Crippen LogP contribution in [0.4, 0.5) is 0 Å². The lowest BCUT2D eigenvalue weighted by Crippen LogP contribution is -2.13. The van der Waals surface area contributed by atoms with E-state index in [1.165, 1.54) is 6.20 Å². The highest BCUT2D eigenvalue weighted by molar-refractivity contribution is 6.07. The maximum absolute atomic E-state index is 11.2. The van der Waals surface area contributed by atoms with Crippen molar-refractivity contribution in [3.05, 3.63) is 36.3 Å². The highest BCUT2D eigenvalue weighted by Crippen LogP contribution is 1.94. The number of carbonyl (C=O) groups is 2. The lowest BCUT2D eigenvalue weighted by molar-refractivity contribution is -0.139. The van der Waals surface area contributed by atoms with Crippen molar-refractivity contribution >= 4 is 12.3 Å². The molecule has 80 valence electrons. The van der Waals surface area contributed by atoms with Gasteiger partial charge in [-0.1, -0.05) is 0 Å². The zero-order chi connectivity index (χ0) is 11.1. The molecular weight excluding hydrogens is 196 g/mol. The van der Waals surface area contributed by atoms with E-state index in [4.69, 9.17) is 0 Å². The largest absolute Gasteiger partial charge is 0.462 e. The van der Waals surface area contributed by atoms with Crippen LogP contribution >= 0.6 is 0 Å². The maximum atomic E-state index is 11.2. The van der Waals surface area contributed by atoms with E-state index < -0.39 is 5.97 Å². The van der Waals surface area contributed by atoms with Gasteiger partial charge in [0.1, 0.15) is 5.57 Å². The van der Waals surface area contributed by atoms with Crippen LogP contribution in [0.2, 0.25) is 0 Å². The van der Waals surface area contributed by atoms with Crippen molar-refractivity contribution in [2.24, 2.45) is 0 Å². The van der Waals surface area contributed by atoms with Gasteiger partial charge in [-0.05, 0) is 19.1 Å². The number of ether oxygens (including phenoxy) is 1. The Morgan fingerprint density at radius 3 is 2.67 bits per heavy atom. The third-order valence-electron chi connectivity index (χ3n) is 1.61. The molecule has 0 atom stereocenters. The molecule has 1 rings (SSSR count). The molecule has 0 radical (unpaired) electrons. The SMILES string of the molecule is CCOC(=O)/C(C=O)=C\Nn1cccc1. The molecule has 15 heavy (non-hydrogen) atoms. The number of aromatic nitrogens is 1. The summed E-state index contributed by atoms with van der Waals surface area (Å²) in [6.07, 6.45) is 5.23. The number of esters is 1. The van der Waals surface area contributed by atoms with Crippen LogP contribution in [0.1, 0.15) is 6.92 Å². The molecule has 1 N–H and O–H groups in total. The Hall–Kier alpha value is -2.04. The molecule has 0 amide bonds. The average Bonchev–Trinajstić information content (AvgIpc) is 2.72. The van der Waals surface area contributed by atoms with Crippen LogP contribution in [0, 0.1) is 0 Å². The molecule has 0 spiro atoms. The highest BCUT2D eigenvalue weighted by atomic mass is 16.5. The molecule has 0 fully saturated rings. The minimum atomic E-state index is -0.632. The van der Waals surface area contributed by atoms with Crippen molar-refractivity contribution in [2.45, 2.75) is 6.92 Å². The molecule has 0 aliphatic rings. The highest BCUT2D eigenvalue weighted by Gasteiger charge is 2.08. The van der Waals surface area contributed by atoms with Crippen molar-refractivity contribution < 1.29 is 14.3 Å². The zero-order valence-corrected chi connectivity index (χ0v) is 8.34. The number of carbonyl (C=O) groups excluding carboxylic acids is 2. The van der Waals surface area contributed by atoms with Crippen LogP contribution in [0.5, 0.6) is 0 Å². The molecule has 5 heteroatoms. The number of aldehydes is 1. The van der Waals surface area contributed by atoms with Crippen LogP contribution in [-0.4, -0.2) is 23.5 Å². The van der Waals surface area contributed by atoms with Crippen LogP contribution in [0.15, 0.2) is 36.3 Å². The first-order valence-electron chi connectivity index (χ1n) is 4.50. The van der Waals surface area contributed by atoms with Crippen molar-refractivity contribution in [3.63, 3.8) is 0 Å². The van der Waals surface area contributed by atoms with Gasteiger partial charge < -0.3 is 10.2 Å². The van der Waals surface area contributed by atoms with Gasteiger partial charge in [-0.15, -0.1) is 0 Å². The van der Waals surface area contributed by atoms with Gasteiger partial charge in [-0.3, -0.25) is 9.47 Å². The van der Waals surface area contributed by atoms with Crippen molar-refractivity contribution in [2.75, 3.05) is 12.0 Å². The minimum absolute atomic E-state index is 0.0504. The number of hydrogen-bond acceptors (Lipinski definition) is 4. The molecule has 0 aliphatic carbocycles. The first-order valence-corrected chi connectivity index (χ1v) is 4.50. The second-order valence-electron chi connectivity index (χ2n) is 2.66. The molecule has 1 heterocycles. The van der Waals surface area contributed by atoms with Crippen LogP contribution < -0.4 is 5.43 Å². The molecule has 1 aromatic heterocycles. The van der Waals surface area contributed by atoms with Gasteiger partial charge in [0, 0.05) is 18.6 Å². The van der Waals surface area contributed by atoms with Gasteiger partial charge in [0.15, 0.2) is 6.29 Å². The quantitative estimate of drug-likeness (QED) is 0.254. The first-order chi connectivity index (χ1) is 7.27. The molecule has 0 aromatic carbocycles. The summed E-state index contributed by atoms with van der Waals surface area (Å²) in [6.45, 7) is 1.92. The Bertz CT molecular complexity index is 355. The summed E-state index contributed by atoms with van der Waals surface area (Å²) in [5.41, 5.74) is 2.69. The Balaban J connectivity index is 2.62. The van der Waals surface area contributed by atoms with E-state index >= 15 is 0 Å². The Morgan fingerprint density at radius 2 is 2.13 bits per heavy atom. The van der Waals surface area contributed by atoms with E-state index in [-0.39, 0.29) is 12.2 Å². The lowest BCUT2D eigenvalue weighted by Gasteiger charge is -2.03. The van der Waals surface area contributed by atoms with Crippen molar-refractivity contribution in [1.29, 1.82) is 0 Å². The van der Waals surface area contributed by atoms with Gasteiger partial charge in [-0.25, -0.2) is 4.79 Å². The molecule has 0 unspecified atom stereocenters. The molecule has 1 aromatic rings. The summed E-state index contributed by atoms with van der Waals surface area (Å²) < 4.78 is 6.28. The van der Waals surface area contributed by atoms with Gasteiger partial charge in [0.25, 0.3) is 0 Å². The Labute approximate surface area is 87.3 Å². The predicted octanol–water partition coefficient (Wildman–Crippen LogP) is 0.677. The fraction of sp³-hybridized carbons (Fsp3) is 0.200. The normalized spacial score (nSPS) is 10.9. The van der Waals surface area contributed by atoms with Crippen molar-refractivity contribution in [3.8, 4) is 0 Å². The zero-order valence-electron chi connectivity index (χ0n) is 8.34. The smallest absolute Gasteiger partial charge is 0.343 e. The first kappa shape index (κ1) is 11.0. The van der Waals surface area contributed by atoms with Gasteiger partial charge in [0.2, 0.25) is 0 Å². The van der Waals surface area contributed by atoms with Crippen LogP contribution in [0.25, 0.3) is 0 Å². The summed E-state index contributed by atoms with van der Waals surface area (Å²) in [4.78, 5) is 21.7. The molecule has 0 aliphatic heterocycles. The van der Waals surface area contributed by atoms with E-state index in [1.54, 1.807) is 24.0 Å². The number of nitrogens with one attached hydrogen (secondary N) is 1. The molecule has 5 nitrogen and oxygen atoms in total. The fourth-order valence-corrected chi connectivity index (χ4v) is 0.920. The topological polar surface area (TPSA) is 60.3 Å². The van der Waals surface area contributed by atoms with Crippen LogP contribution in [-0.2, 0) is 14.3 Å². The predicted molar refractivity (Wildman–Crippen MR) is 54.6 cm³/mol. The standard InChI is InChI=1S/C10H12N2O3/c1-2-15-10(14)9(8-13)7-11-12-5-3-4-6-12/h3-8,11H,2H2,1H3/b9-7-. The summed E-state index contributed by atoms with van der Waals surface area (Å²) in [5.74, 6) is -0.632. The summed E-state index contributed by atoms with van der Waals surface area (Å²) >= 11 is 0. The van der Waals surface area contributed by atoms with Gasteiger partial charge in [0.05, 0.1) is 6.61 Å². The molecular formula is C10H12N2O3. The summed E-state index contributed by atoms with van der Waals surface area (Å²) in [5, 5.41) is 0. The van der Waals surface area contributed by atoms with E-state index in [0.717, 1.165) is 0 Å². The molecule has 0 bridgehead atoms. The van der Waals surface area contributed by atoms with E-state index in [1.807, 2.05) is 12.1 Å². The van der Waals surface area contributed by atoms with E-state index in [9.17, 15) is 9.59 Å². The summed E-state index contributed by atoms with van der Waals surface area (Å²) in [7, 11) is 0. The lowest BCUT2D eigenvalue weighted by atomic mass is 10.3. The van der Waals surface area contributed by atoms with E-state index in [0.29, 0.717) is 6.29 Å². The number of nitrogens with zero attached hydrogens (tertiary/aromatic N) is 1. The Kier molecular flexibility index (Phi) is 4.15. The minimum Gasteiger partial charge on any atom is -0.462 e. The second kappa shape index (κ2) is 5.64. The van der Waals surface area contributed by atoms with E-state index in [2.05, 4.69) is 10.2 Å². The maximum Gasteiger partial charge on any atom is 0.343 e. The number of hydrogen-bond donors (Lipinski definition) is 1. The number of rotatable bonds is 5. The van der Waals surface area contributed by atoms with Gasteiger partial charge >= 0.3 is 5.97 Å². The molecule has 0 saturated carbocycles. The second-order valence-corrected chi connectivity index (χ2v) is 2.66. The van der Waals surface area contributed by atoms with Crippen LogP contribution in [0.3, 0.4) is 0 Å². The average molecular weight is 208 g/mol. The Morgan fingerprint density at radius 1 is 1.47 bits per heavy atom. The summed E-state index contributed by atoms with van der Waals surface area (Å²) in [6, 6.07) is 3.62. The third kappa shape index (κ3) is 3.30. The monoisotopic (exact) mass is 208 g/mol. The third-order valence-corrected chi connectivity index (χ3v) is 1.61. The van der Waals surface area contributed by atoms with Crippen molar-refractivity contribution in [1.82, 2.24) is 4.68 Å². The fourth-order valence-electron chi connectivity index (χ4n) is 0.920. The molecule has 0 saturated heterocycles. The van der Waals surface area contributed by atoms with Gasteiger partial charge in [-0.2, -0.15) is 0 Å².